The van der Waals surface area contributed by atoms with Crippen LogP contribution in [0.3, 0.4) is 0 Å². The Labute approximate surface area is 83.9 Å². The fraction of sp³-hybridized carbons (Fsp3) is 0.167. The quantitative estimate of drug-likeness (QED) is 0.808. The molecule has 1 rings (SSSR count). The maximum absolute atomic E-state index is 12.2. The molecule has 0 atom stereocenters. The van der Waals surface area contributed by atoms with Crippen LogP contribution < -0.4 is 0 Å². The normalized spacial score (nSPS) is 10.8. The predicted molar refractivity (Wildman–Crippen MR) is 46.3 cm³/mol. The fourth-order valence-electron chi connectivity index (χ4n) is 0.676. The lowest BCUT2D eigenvalue weighted by Gasteiger charge is -2.05. The lowest BCUT2D eigenvalue weighted by molar-refractivity contribution is 0.146. The van der Waals surface area contributed by atoms with E-state index in [4.69, 9.17) is 5.11 Å². The van der Waals surface area contributed by atoms with Crippen LogP contribution in [0.1, 0.15) is 12.0 Å². The van der Waals surface area contributed by atoms with Gasteiger partial charge in [0.05, 0.1) is 5.56 Å². The van der Waals surface area contributed by atoms with Gasteiger partial charge in [0, 0.05) is 10.7 Å². The summed E-state index contributed by atoms with van der Waals surface area (Å²) in [5.41, 5.74) is -0.447. The van der Waals surface area contributed by atoms with E-state index >= 15 is 0 Å². The molecule has 0 aliphatic heterocycles. The van der Waals surface area contributed by atoms with Crippen molar-refractivity contribution in [1.82, 2.24) is 4.98 Å². The van der Waals surface area contributed by atoms with Crippen LogP contribution in [0, 0.1) is 0 Å². The van der Waals surface area contributed by atoms with Gasteiger partial charge in [-0.15, -0.1) is 0 Å². The van der Waals surface area contributed by atoms with Crippen molar-refractivity contribution in [1.29, 1.82) is 0 Å². The van der Waals surface area contributed by atoms with Gasteiger partial charge < -0.3 is 5.11 Å². The maximum atomic E-state index is 12.2. The number of hydrogen-bond donors (Lipinski definition) is 1. The Hall–Kier alpha value is -0.230. The molecule has 1 aromatic rings. The number of nitrogens with zero attached hydrogens (tertiary/aromatic N) is 1. The zero-order chi connectivity index (χ0) is 9.30. The maximum Gasteiger partial charge on any atom is 0.268 e. The van der Waals surface area contributed by atoms with E-state index in [2.05, 4.69) is 36.8 Å². The van der Waals surface area contributed by atoms with E-state index < -0.39 is 17.7 Å². The molecule has 0 radical (unpaired) electrons. The van der Waals surface area contributed by atoms with Gasteiger partial charge in [-0.3, -0.25) is 0 Å². The summed E-state index contributed by atoms with van der Waals surface area (Å²) in [6.45, 7) is 0. The molecule has 0 aromatic carbocycles. The number of aromatic nitrogens is 1. The minimum Gasteiger partial charge on any atom is -0.505 e. The first-order chi connectivity index (χ1) is 5.54. The highest BCUT2D eigenvalue weighted by Gasteiger charge is 2.19. The van der Waals surface area contributed by atoms with Crippen LogP contribution in [-0.4, -0.2) is 10.1 Å². The third-order valence-corrected chi connectivity index (χ3v) is 2.43. The van der Waals surface area contributed by atoms with Crippen molar-refractivity contribution in [3.63, 3.8) is 0 Å². The molecule has 1 heterocycles. The first kappa shape index (κ1) is 9.85. The lowest BCUT2D eigenvalue weighted by Crippen LogP contribution is -1.90. The molecule has 1 aromatic heterocycles. The molecule has 0 fully saturated rings. The van der Waals surface area contributed by atoms with Crippen molar-refractivity contribution in [3.8, 4) is 5.75 Å². The van der Waals surface area contributed by atoms with Crippen LogP contribution in [0.4, 0.5) is 8.78 Å². The van der Waals surface area contributed by atoms with Gasteiger partial charge in [-0.05, 0) is 31.9 Å². The highest BCUT2D eigenvalue weighted by Crippen LogP contribution is 2.37. The smallest absolute Gasteiger partial charge is 0.268 e. The van der Waals surface area contributed by atoms with Crippen LogP contribution in [-0.2, 0) is 0 Å². The number of rotatable bonds is 1. The Morgan fingerprint density at radius 3 is 2.42 bits per heavy atom. The number of pyridine rings is 1. The van der Waals surface area contributed by atoms with Crippen LogP contribution in [0.25, 0.3) is 0 Å². The summed E-state index contributed by atoms with van der Waals surface area (Å²) in [4.78, 5) is 3.61. The summed E-state index contributed by atoms with van der Waals surface area (Å²) >= 11 is 5.69. The zero-order valence-electron chi connectivity index (χ0n) is 5.56. The fourth-order valence-corrected chi connectivity index (χ4v) is 1.46. The molecule has 0 aliphatic carbocycles. The molecular formula is C6H3Br2F2NO. The number of hydrogen-bond acceptors (Lipinski definition) is 2. The average Bonchev–Trinajstić information content (AvgIpc) is 1.97. The molecule has 66 valence electrons. The van der Waals surface area contributed by atoms with Crippen LogP contribution >= 0.6 is 31.9 Å². The Bertz CT molecular complexity index is 306. The van der Waals surface area contributed by atoms with Gasteiger partial charge in [0.25, 0.3) is 6.43 Å². The summed E-state index contributed by atoms with van der Waals surface area (Å²) in [5, 5.41) is 9.13. The molecule has 0 saturated heterocycles. The monoisotopic (exact) mass is 301 g/mol. The molecular weight excluding hydrogens is 300 g/mol. The van der Waals surface area contributed by atoms with E-state index in [1.807, 2.05) is 0 Å². The van der Waals surface area contributed by atoms with Crippen LogP contribution in [0.5, 0.6) is 5.75 Å². The molecule has 6 heteroatoms. The number of halogens is 4. The summed E-state index contributed by atoms with van der Waals surface area (Å²) in [6.07, 6.45) is -1.52. The minimum absolute atomic E-state index is 0.0148. The molecule has 0 unspecified atom stereocenters. The summed E-state index contributed by atoms with van der Waals surface area (Å²) in [5.74, 6) is -0.528. The molecule has 2 nitrogen and oxygen atoms in total. The van der Waals surface area contributed by atoms with Gasteiger partial charge >= 0.3 is 0 Å². The largest absolute Gasteiger partial charge is 0.505 e. The Morgan fingerprint density at radius 2 is 2.00 bits per heavy atom. The molecule has 12 heavy (non-hydrogen) atoms. The molecule has 0 aliphatic rings. The van der Waals surface area contributed by atoms with Crippen molar-refractivity contribution in [3.05, 3.63) is 20.8 Å². The van der Waals surface area contributed by atoms with Crippen molar-refractivity contribution in [2.45, 2.75) is 6.43 Å². The van der Waals surface area contributed by atoms with Crippen molar-refractivity contribution < 1.29 is 13.9 Å². The lowest BCUT2D eigenvalue weighted by atomic mass is 10.2. The topological polar surface area (TPSA) is 33.1 Å². The molecule has 0 bridgehead atoms. The first-order valence-corrected chi connectivity index (χ1v) is 4.43. The second-order valence-electron chi connectivity index (χ2n) is 1.96. The van der Waals surface area contributed by atoms with Crippen molar-refractivity contribution >= 4 is 31.9 Å². The highest BCUT2D eigenvalue weighted by molar-refractivity contribution is 9.11. The van der Waals surface area contributed by atoms with Gasteiger partial charge in [0.2, 0.25) is 0 Å². The van der Waals surface area contributed by atoms with E-state index in [0.717, 1.165) is 0 Å². The molecule has 0 amide bonds. The van der Waals surface area contributed by atoms with Gasteiger partial charge in [0.1, 0.15) is 4.60 Å². The third-order valence-electron chi connectivity index (χ3n) is 1.22. The summed E-state index contributed by atoms with van der Waals surface area (Å²) in [6, 6.07) is 0. The second-order valence-corrected chi connectivity index (χ2v) is 3.57. The standard InChI is InChI=1S/C6H3Br2F2NO/c7-2-1-11-5(8)4(12)3(2)6(9)10/h1,6,12H. The zero-order valence-corrected chi connectivity index (χ0v) is 8.73. The summed E-state index contributed by atoms with van der Waals surface area (Å²) < 4.78 is 24.6. The molecule has 1 N–H and O–H groups in total. The SMILES string of the molecule is Oc1c(Br)ncc(Br)c1C(F)F. The van der Waals surface area contributed by atoms with E-state index in [1.54, 1.807) is 0 Å². The highest BCUT2D eigenvalue weighted by atomic mass is 79.9. The Morgan fingerprint density at radius 1 is 1.42 bits per heavy atom. The molecule has 0 saturated carbocycles. The van der Waals surface area contributed by atoms with Crippen LogP contribution in [0.15, 0.2) is 15.3 Å². The van der Waals surface area contributed by atoms with E-state index in [-0.39, 0.29) is 9.08 Å². The average molecular weight is 303 g/mol. The number of aromatic hydroxyl groups is 1. The second kappa shape index (κ2) is 3.66. The van der Waals surface area contributed by atoms with Crippen molar-refractivity contribution in [2.75, 3.05) is 0 Å². The first-order valence-electron chi connectivity index (χ1n) is 2.85. The minimum atomic E-state index is -2.72. The van der Waals surface area contributed by atoms with Gasteiger partial charge in [0.15, 0.2) is 5.75 Å². The Kier molecular flexibility index (Phi) is 3.00. The van der Waals surface area contributed by atoms with Crippen molar-refractivity contribution in [2.24, 2.45) is 0 Å². The van der Waals surface area contributed by atoms with Gasteiger partial charge in [-0.1, -0.05) is 0 Å². The van der Waals surface area contributed by atoms with E-state index in [1.165, 1.54) is 6.20 Å². The van der Waals surface area contributed by atoms with E-state index in [0.29, 0.717) is 0 Å². The van der Waals surface area contributed by atoms with Gasteiger partial charge in [-0.2, -0.15) is 0 Å². The van der Waals surface area contributed by atoms with E-state index in [9.17, 15) is 8.78 Å². The van der Waals surface area contributed by atoms with Crippen LogP contribution in [0.2, 0.25) is 0 Å². The predicted octanol–water partition coefficient (Wildman–Crippen LogP) is 3.25. The molecule has 0 spiro atoms. The number of alkyl halides is 2. The van der Waals surface area contributed by atoms with Gasteiger partial charge in [-0.25, -0.2) is 13.8 Å². The summed E-state index contributed by atoms with van der Waals surface area (Å²) in [7, 11) is 0. The third kappa shape index (κ3) is 1.74. The Balaban J connectivity index is 3.33.